The van der Waals surface area contributed by atoms with Crippen LogP contribution < -0.4 is 5.32 Å². The number of likely N-dealkylation sites (tertiary alicyclic amines) is 2. The van der Waals surface area contributed by atoms with Gasteiger partial charge in [-0.1, -0.05) is 42.5 Å². The van der Waals surface area contributed by atoms with Crippen molar-refractivity contribution in [3.8, 4) is 0 Å². The number of carbonyl (C=O) groups excluding carboxylic acids is 3. The van der Waals surface area contributed by atoms with Crippen molar-refractivity contribution in [2.45, 2.75) is 109 Å². The van der Waals surface area contributed by atoms with E-state index in [1.54, 1.807) is 50.1 Å². The number of nitrogens with one attached hydrogen (secondary N) is 2. The number of rotatable bonds is 5. The zero-order valence-corrected chi connectivity index (χ0v) is 31.2. The van der Waals surface area contributed by atoms with Crippen LogP contribution in [0.3, 0.4) is 0 Å². The Kier molecular flexibility index (Phi) is 9.39. The lowest BCUT2D eigenvalue weighted by molar-refractivity contribution is -0.120. The number of anilines is 1. The fraction of sp³-hybridized carbons (Fsp3) is 0.512. The lowest BCUT2D eigenvalue weighted by Gasteiger charge is -2.28. The van der Waals surface area contributed by atoms with E-state index in [9.17, 15) is 14.4 Å². The number of imidazole rings is 1. The molecular weight excluding hydrogens is 680 g/mol. The van der Waals surface area contributed by atoms with Crippen LogP contribution in [-0.4, -0.2) is 68.2 Å². The molecule has 0 spiro atoms. The maximum Gasteiger partial charge on any atom is 0.410 e. The minimum absolute atomic E-state index is 0.0653. The van der Waals surface area contributed by atoms with E-state index in [4.69, 9.17) is 9.47 Å². The molecule has 2 N–H and O–H groups in total. The van der Waals surface area contributed by atoms with E-state index in [-0.39, 0.29) is 29.3 Å². The van der Waals surface area contributed by atoms with Gasteiger partial charge in [-0.25, -0.2) is 23.4 Å². The molecule has 7 rings (SSSR count). The molecule has 3 unspecified atom stereocenters. The maximum absolute atomic E-state index is 16.2. The molecule has 0 saturated carbocycles. The highest BCUT2D eigenvalue weighted by Gasteiger charge is 2.53. The first-order valence-corrected chi connectivity index (χ1v) is 18.6. The molecule has 53 heavy (non-hydrogen) atoms. The number of allylic oxidation sites excluding steroid dienone is 8. The molecular formula is C41H49F2N5O5. The Morgan fingerprint density at radius 2 is 1.64 bits per heavy atom. The van der Waals surface area contributed by atoms with Gasteiger partial charge in [-0.05, 0) is 102 Å². The van der Waals surface area contributed by atoms with E-state index < -0.39 is 47.0 Å². The Labute approximate surface area is 309 Å². The van der Waals surface area contributed by atoms with Crippen molar-refractivity contribution < 1.29 is 32.6 Å². The van der Waals surface area contributed by atoms with Crippen LogP contribution in [0.4, 0.5) is 24.1 Å². The van der Waals surface area contributed by atoms with Crippen LogP contribution in [0.15, 0.2) is 66.4 Å². The van der Waals surface area contributed by atoms with Crippen LogP contribution in [0.5, 0.6) is 0 Å². The molecule has 0 bridgehead atoms. The summed E-state index contributed by atoms with van der Waals surface area (Å²) in [6.45, 7) is 11.9. The number of aromatic amines is 1. The average molecular weight is 730 g/mol. The van der Waals surface area contributed by atoms with Crippen LogP contribution >= 0.6 is 0 Å². The molecule has 3 heterocycles. The van der Waals surface area contributed by atoms with Gasteiger partial charge in [0, 0.05) is 36.2 Å². The number of ether oxygens (including phenoxy) is 2. The molecule has 5 aliphatic rings. The van der Waals surface area contributed by atoms with Crippen LogP contribution in [-0.2, 0) is 20.2 Å². The van der Waals surface area contributed by atoms with Crippen molar-refractivity contribution in [1.29, 1.82) is 0 Å². The fourth-order valence-electron chi connectivity index (χ4n) is 8.08. The van der Waals surface area contributed by atoms with Crippen LogP contribution in [0.1, 0.15) is 108 Å². The Morgan fingerprint density at radius 3 is 2.34 bits per heavy atom. The molecule has 0 radical (unpaired) electrons. The van der Waals surface area contributed by atoms with Gasteiger partial charge in [0.15, 0.2) is 0 Å². The molecule has 3 amide bonds. The smallest absolute Gasteiger partial charge is 0.410 e. The van der Waals surface area contributed by atoms with Gasteiger partial charge >= 0.3 is 12.2 Å². The molecule has 2 aromatic rings. The van der Waals surface area contributed by atoms with Gasteiger partial charge in [0.1, 0.15) is 23.1 Å². The number of aromatic nitrogens is 2. The van der Waals surface area contributed by atoms with Gasteiger partial charge in [0.25, 0.3) is 5.92 Å². The van der Waals surface area contributed by atoms with Gasteiger partial charge in [-0.15, -0.1) is 0 Å². The zero-order chi connectivity index (χ0) is 37.9. The van der Waals surface area contributed by atoms with Crippen molar-refractivity contribution in [3.05, 3.63) is 89.1 Å². The molecule has 282 valence electrons. The number of carbonyl (C=O) groups is 3. The molecule has 1 aromatic heterocycles. The third-order valence-corrected chi connectivity index (χ3v) is 10.5. The highest BCUT2D eigenvalue weighted by atomic mass is 19.3. The molecule has 2 saturated heterocycles. The summed E-state index contributed by atoms with van der Waals surface area (Å²) < 4.78 is 43.5. The number of amides is 3. The van der Waals surface area contributed by atoms with Crippen molar-refractivity contribution in [1.82, 2.24) is 19.8 Å². The first kappa shape index (κ1) is 36.6. The van der Waals surface area contributed by atoms with E-state index in [1.807, 2.05) is 45.1 Å². The number of alkyl halides is 2. The minimum atomic E-state index is -3.15. The van der Waals surface area contributed by atoms with Crippen LogP contribution in [0.25, 0.3) is 5.57 Å². The van der Waals surface area contributed by atoms with Gasteiger partial charge in [-0.2, -0.15) is 0 Å². The largest absolute Gasteiger partial charge is 0.444 e. The molecule has 2 fully saturated rings. The van der Waals surface area contributed by atoms with Gasteiger partial charge in [0.05, 0.1) is 23.9 Å². The molecule has 12 heteroatoms. The van der Waals surface area contributed by atoms with Crippen LogP contribution in [0.2, 0.25) is 0 Å². The fourth-order valence-corrected chi connectivity index (χ4v) is 8.08. The molecule has 10 nitrogen and oxygen atoms in total. The van der Waals surface area contributed by atoms with Crippen molar-refractivity contribution >= 4 is 29.4 Å². The Hall–Kier alpha value is -4.74. The second kappa shape index (κ2) is 13.6. The number of fused-ring (bicyclic) bond motifs is 3. The molecule has 5 atom stereocenters. The number of H-pyrrole nitrogens is 1. The summed E-state index contributed by atoms with van der Waals surface area (Å²) in [5, 5.41) is 2.79. The second-order valence-corrected chi connectivity index (χ2v) is 16.7. The summed E-state index contributed by atoms with van der Waals surface area (Å²) in [4.78, 5) is 50.0. The highest BCUT2D eigenvalue weighted by Crippen LogP contribution is 2.56. The number of nitrogens with zero attached hydrogens (tertiary/aromatic N) is 3. The van der Waals surface area contributed by atoms with Crippen molar-refractivity contribution in [2.75, 3.05) is 18.4 Å². The average Bonchev–Trinajstić information content (AvgIpc) is 3.90. The molecule has 3 aliphatic carbocycles. The predicted molar refractivity (Wildman–Crippen MR) is 197 cm³/mol. The summed E-state index contributed by atoms with van der Waals surface area (Å²) in [6.07, 6.45) is 16.0. The topological polar surface area (TPSA) is 117 Å². The number of halogens is 2. The number of benzene rings is 1. The normalized spacial score (nSPS) is 26.2. The van der Waals surface area contributed by atoms with Crippen molar-refractivity contribution in [3.63, 3.8) is 0 Å². The summed E-state index contributed by atoms with van der Waals surface area (Å²) in [7, 11) is 0. The quantitative estimate of drug-likeness (QED) is 0.318. The monoisotopic (exact) mass is 729 g/mol. The molecule has 2 aliphatic heterocycles. The van der Waals surface area contributed by atoms with E-state index in [0.29, 0.717) is 37.9 Å². The SMILES string of the molecule is CC(C)(C)OC(=O)N1CCC[C@H]1C(=O)Nc1ccc2c(c1)C(F)(F)C1C=C(C3C=CC(c4cnc([C@@H]5CCCN5C(=O)OC(C)(C)C)[nH]4)=CC3)C=CC21. The summed E-state index contributed by atoms with van der Waals surface area (Å²) >= 11 is 0. The Balaban J connectivity index is 1.00. The zero-order valence-electron chi connectivity index (χ0n) is 31.2. The third kappa shape index (κ3) is 7.42. The standard InChI is InChI=1S/C41H49F2N5O5/c1-39(2,3)52-37(50)47-19-7-9-33(47)35-44-23-32(46-35)25-13-11-24(12-14-25)26-15-17-28-29-18-16-27(22-31(29)41(42,43)30(28)21-26)45-36(49)34-10-8-20-48(34)38(51)53-40(4,5)6/h11,13-18,21-24,28,30,33-34H,7-10,12,19-20H2,1-6H3,(H,44,46)(H,45,49)/t24?,28?,30?,33-,34-/m0/s1. The number of hydrogen-bond acceptors (Lipinski definition) is 6. The van der Waals surface area contributed by atoms with E-state index >= 15 is 8.78 Å². The maximum atomic E-state index is 16.2. The van der Waals surface area contributed by atoms with Gasteiger partial charge in [0.2, 0.25) is 5.91 Å². The number of hydrogen-bond donors (Lipinski definition) is 2. The Morgan fingerprint density at radius 1 is 0.943 bits per heavy atom. The predicted octanol–water partition coefficient (Wildman–Crippen LogP) is 8.78. The third-order valence-electron chi connectivity index (χ3n) is 10.5. The lowest BCUT2D eigenvalue weighted by atomic mass is 9.79. The van der Waals surface area contributed by atoms with E-state index in [2.05, 4.69) is 21.4 Å². The lowest BCUT2D eigenvalue weighted by Crippen LogP contribution is -2.45. The first-order chi connectivity index (χ1) is 25.0. The summed E-state index contributed by atoms with van der Waals surface area (Å²) in [5.74, 6) is -4.44. The minimum Gasteiger partial charge on any atom is -0.444 e. The highest BCUT2D eigenvalue weighted by molar-refractivity contribution is 5.97. The second-order valence-electron chi connectivity index (χ2n) is 16.7. The van der Waals surface area contributed by atoms with Gasteiger partial charge < -0.3 is 19.8 Å². The van der Waals surface area contributed by atoms with Crippen molar-refractivity contribution in [2.24, 2.45) is 11.8 Å². The molecule has 1 aromatic carbocycles. The Bertz CT molecular complexity index is 1910. The van der Waals surface area contributed by atoms with Gasteiger partial charge in [-0.3, -0.25) is 14.6 Å². The summed E-state index contributed by atoms with van der Waals surface area (Å²) in [5.41, 5.74) is 2.08. The first-order valence-electron chi connectivity index (χ1n) is 18.6. The summed E-state index contributed by atoms with van der Waals surface area (Å²) in [6, 6.07) is 3.81. The van der Waals surface area contributed by atoms with E-state index in [0.717, 1.165) is 35.5 Å². The van der Waals surface area contributed by atoms with Crippen LogP contribution in [0, 0.1) is 11.8 Å². The van der Waals surface area contributed by atoms with E-state index in [1.165, 1.54) is 11.0 Å².